The molecule has 4 heteroatoms. The van der Waals surface area contributed by atoms with Crippen molar-refractivity contribution in [1.29, 1.82) is 5.26 Å². The molecule has 0 amide bonds. The number of fused-ring (bicyclic) bond motifs is 2. The van der Waals surface area contributed by atoms with Crippen molar-refractivity contribution < 1.29 is 14.3 Å². The Bertz CT molecular complexity index is 284. The third-order valence-corrected chi connectivity index (χ3v) is 3.22. The highest BCUT2D eigenvalue weighted by Crippen LogP contribution is 2.45. The molecule has 0 aliphatic carbocycles. The minimum absolute atomic E-state index is 0.00852. The standard InChI is InChI=1S/C10H13NO3/c1-13-10(12)9-6(4-5-11)7-2-3-8(9)14-7/h6-9H,2-4H2,1H3. The van der Waals surface area contributed by atoms with Crippen LogP contribution < -0.4 is 0 Å². The van der Waals surface area contributed by atoms with Crippen molar-refractivity contribution in [3.05, 3.63) is 0 Å². The van der Waals surface area contributed by atoms with E-state index in [1.807, 2.05) is 0 Å². The van der Waals surface area contributed by atoms with Gasteiger partial charge in [0.2, 0.25) is 0 Å². The highest BCUT2D eigenvalue weighted by atomic mass is 16.5. The Kier molecular flexibility index (Phi) is 2.42. The fraction of sp³-hybridized carbons (Fsp3) is 0.800. The molecule has 4 unspecified atom stereocenters. The number of nitriles is 1. The lowest BCUT2D eigenvalue weighted by Gasteiger charge is -2.23. The molecule has 14 heavy (non-hydrogen) atoms. The number of carbonyl (C=O) groups is 1. The molecule has 0 saturated carbocycles. The molecule has 0 spiro atoms. The first-order valence-electron chi connectivity index (χ1n) is 4.88. The molecule has 2 bridgehead atoms. The lowest BCUT2D eigenvalue weighted by Crippen LogP contribution is -2.34. The summed E-state index contributed by atoms with van der Waals surface area (Å²) in [4.78, 5) is 11.5. The van der Waals surface area contributed by atoms with E-state index in [1.54, 1.807) is 0 Å². The van der Waals surface area contributed by atoms with E-state index in [0.29, 0.717) is 6.42 Å². The number of carbonyl (C=O) groups excluding carboxylic acids is 1. The van der Waals surface area contributed by atoms with Crippen LogP contribution in [-0.2, 0) is 14.3 Å². The van der Waals surface area contributed by atoms with Gasteiger partial charge in [0, 0.05) is 12.3 Å². The Labute approximate surface area is 82.8 Å². The van der Waals surface area contributed by atoms with Gasteiger partial charge < -0.3 is 9.47 Å². The van der Waals surface area contributed by atoms with E-state index in [9.17, 15) is 4.79 Å². The monoisotopic (exact) mass is 195 g/mol. The van der Waals surface area contributed by atoms with E-state index in [-0.39, 0.29) is 30.0 Å². The second-order valence-corrected chi connectivity index (χ2v) is 3.87. The molecule has 0 aromatic rings. The van der Waals surface area contributed by atoms with Gasteiger partial charge in [0.05, 0.1) is 31.3 Å². The van der Waals surface area contributed by atoms with Crippen LogP contribution in [0.4, 0.5) is 0 Å². The summed E-state index contributed by atoms with van der Waals surface area (Å²) in [7, 11) is 1.39. The Hall–Kier alpha value is -1.08. The second kappa shape index (κ2) is 3.58. The number of hydrogen-bond donors (Lipinski definition) is 0. The highest BCUT2D eigenvalue weighted by Gasteiger charge is 2.52. The van der Waals surface area contributed by atoms with Gasteiger partial charge in [-0.2, -0.15) is 5.26 Å². The maximum absolute atomic E-state index is 11.5. The molecule has 2 fully saturated rings. The van der Waals surface area contributed by atoms with Gasteiger partial charge >= 0.3 is 5.97 Å². The van der Waals surface area contributed by atoms with Crippen molar-refractivity contribution in [3.8, 4) is 6.07 Å². The molecule has 0 aromatic carbocycles. The molecule has 2 aliphatic heterocycles. The molecule has 0 radical (unpaired) electrons. The summed E-state index contributed by atoms with van der Waals surface area (Å²) in [6.45, 7) is 0. The topological polar surface area (TPSA) is 59.3 Å². The van der Waals surface area contributed by atoms with E-state index < -0.39 is 0 Å². The Morgan fingerprint density at radius 2 is 2.29 bits per heavy atom. The van der Waals surface area contributed by atoms with Crippen LogP contribution in [-0.4, -0.2) is 25.3 Å². The van der Waals surface area contributed by atoms with Gasteiger partial charge in [-0.05, 0) is 12.8 Å². The first-order chi connectivity index (χ1) is 6.77. The van der Waals surface area contributed by atoms with Gasteiger partial charge in [0.25, 0.3) is 0 Å². The molecule has 2 saturated heterocycles. The quantitative estimate of drug-likeness (QED) is 0.613. The van der Waals surface area contributed by atoms with Gasteiger partial charge in [-0.3, -0.25) is 4.79 Å². The smallest absolute Gasteiger partial charge is 0.311 e. The van der Waals surface area contributed by atoms with Crippen LogP contribution in [0.15, 0.2) is 0 Å². The summed E-state index contributed by atoms with van der Waals surface area (Å²) in [5, 5.41) is 8.67. The third-order valence-electron chi connectivity index (χ3n) is 3.22. The normalized spacial score (nSPS) is 39.4. The third kappa shape index (κ3) is 1.28. The highest BCUT2D eigenvalue weighted by molar-refractivity contribution is 5.74. The SMILES string of the molecule is COC(=O)C1C2CCC(O2)C1CC#N. The lowest BCUT2D eigenvalue weighted by atomic mass is 9.78. The molecule has 0 aromatic heterocycles. The Morgan fingerprint density at radius 3 is 2.93 bits per heavy atom. The zero-order valence-electron chi connectivity index (χ0n) is 8.10. The van der Waals surface area contributed by atoms with Gasteiger partial charge in [-0.1, -0.05) is 0 Å². The number of nitrogens with zero attached hydrogens (tertiary/aromatic N) is 1. The summed E-state index contributed by atoms with van der Waals surface area (Å²) >= 11 is 0. The van der Waals surface area contributed by atoms with Crippen LogP contribution in [0, 0.1) is 23.2 Å². The zero-order chi connectivity index (χ0) is 10.1. The van der Waals surface area contributed by atoms with Crippen LogP contribution >= 0.6 is 0 Å². The van der Waals surface area contributed by atoms with E-state index >= 15 is 0 Å². The van der Waals surface area contributed by atoms with Crippen LogP contribution in [0.5, 0.6) is 0 Å². The van der Waals surface area contributed by atoms with Crippen LogP contribution in [0.3, 0.4) is 0 Å². The van der Waals surface area contributed by atoms with Crippen LogP contribution in [0.1, 0.15) is 19.3 Å². The average Bonchev–Trinajstić information content (AvgIpc) is 2.77. The van der Waals surface area contributed by atoms with Crippen molar-refractivity contribution >= 4 is 5.97 Å². The van der Waals surface area contributed by atoms with E-state index in [2.05, 4.69) is 6.07 Å². The molecular weight excluding hydrogens is 182 g/mol. The molecule has 4 atom stereocenters. The first kappa shape index (κ1) is 9.47. The van der Waals surface area contributed by atoms with Crippen molar-refractivity contribution in [3.63, 3.8) is 0 Å². The van der Waals surface area contributed by atoms with Crippen molar-refractivity contribution in [2.24, 2.45) is 11.8 Å². The number of ether oxygens (including phenoxy) is 2. The molecule has 76 valence electrons. The van der Waals surface area contributed by atoms with E-state index in [1.165, 1.54) is 7.11 Å². The summed E-state index contributed by atoms with van der Waals surface area (Å²) in [5.41, 5.74) is 0. The Morgan fingerprint density at radius 1 is 1.57 bits per heavy atom. The van der Waals surface area contributed by atoms with Crippen LogP contribution in [0.2, 0.25) is 0 Å². The first-order valence-corrected chi connectivity index (χ1v) is 4.88. The number of rotatable bonds is 2. The molecule has 0 N–H and O–H groups in total. The summed E-state index contributed by atoms with van der Waals surface area (Å²) in [6.07, 6.45) is 2.38. The van der Waals surface area contributed by atoms with Gasteiger partial charge in [-0.25, -0.2) is 0 Å². The van der Waals surface area contributed by atoms with Crippen molar-refractivity contribution in [2.75, 3.05) is 7.11 Å². The predicted octanol–water partition coefficient (Wildman–Crippen LogP) is 0.867. The summed E-state index contributed by atoms with van der Waals surface area (Å²) < 4.78 is 10.4. The molecule has 2 rings (SSSR count). The minimum atomic E-state index is -0.225. The number of esters is 1. The number of methoxy groups -OCH3 is 1. The lowest BCUT2D eigenvalue weighted by molar-refractivity contribution is -0.148. The van der Waals surface area contributed by atoms with E-state index in [4.69, 9.17) is 14.7 Å². The molecule has 2 heterocycles. The molecule has 4 nitrogen and oxygen atoms in total. The van der Waals surface area contributed by atoms with Gasteiger partial charge in [0.1, 0.15) is 0 Å². The van der Waals surface area contributed by atoms with Gasteiger partial charge in [0.15, 0.2) is 0 Å². The maximum atomic E-state index is 11.5. The van der Waals surface area contributed by atoms with E-state index in [0.717, 1.165) is 12.8 Å². The zero-order valence-corrected chi connectivity index (χ0v) is 8.10. The Balaban J connectivity index is 2.14. The van der Waals surface area contributed by atoms with Gasteiger partial charge in [-0.15, -0.1) is 0 Å². The molecular formula is C10H13NO3. The minimum Gasteiger partial charge on any atom is -0.469 e. The summed E-state index contributed by atoms with van der Waals surface area (Å²) in [5.74, 6) is -0.387. The summed E-state index contributed by atoms with van der Waals surface area (Å²) in [6, 6.07) is 2.12. The fourth-order valence-electron chi connectivity index (χ4n) is 2.60. The fourth-order valence-corrected chi connectivity index (χ4v) is 2.60. The maximum Gasteiger partial charge on any atom is 0.311 e. The average molecular weight is 195 g/mol. The number of hydrogen-bond acceptors (Lipinski definition) is 4. The second-order valence-electron chi connectivity index (χ2n) is 3.87. The van der Waals surface area contributed by atoms with Crippen molar-refractivity contribution in [2.45, 2.75) is 31.5 Å². The van der Waals surface area contributed by atoms with Crippen molar-refractivity contribution in [1.82, 2.24) is 0 Å². The largest absolute Gasteiger partial charge is 0.469 e. The molecule has 2 aliphatic rings. The predicted molar refractivity (Wildman–Crippen MR) is 47.1 cm³/mol. The van der Waals surface area contributed by atoms with Crippen LogP contribution in [0.25, 0.3) is 0 Å².